The topological polar surface area (TPSA) is 85.4 Å². The highest BCUT2D eigenvalue weighted by Gasteiger charge is 2.43. The molecule has 2 aliphatic rings. The lowest BCUT2D eigenvalue weighted by atomic mass is 10.1. The third kappa shape index (κ3) is 3.72. The molecule has 0 aromatic heterocycles. The van der Waals surface area contributed by atoms with Crippen molar-refractivity contribution in [3.05, 3.63) is 0 Å². The monoisotopic (exact) mass is 322 g/mol. The van der Waals surface area contributed by atoms with E-state index >= 15 is 0 Å². The fourth-order valence-corrected chi connectivity index (χ4v) is 3.87. The molecular weight excluding hydrogens is 300 g/mol. The van der Waals surface area contributed by atoms with Gasteiger partial charge in [-0.1, -0.05) is 0 Å². The first-order valence-corrected chi connectivity index (χ1v) is 8.35. The summed E-state index contributed by atoms with van der Waals surface area (Å²) in [4.78, 5) is 11.1. The number of esters is 1. The Labute approximate surface area is 125 Å². The minimum absolute atomic E-state index is 0.0379. The molecule has 0 unspecified atom stereocenters. The van der Waals surface area contributed by atoms with Gasteiger partial charge in [-0.05, 0) is 0 Å². The standard InChI is InChI=1S/C12H22N2O6S/c1-13(6-3-11(15)18-2)21(16,17)14-7-4-12(5-8-14)19-9-10-20-12/h3-10H2,1-2H3. The van der Waals surface area contributed by atoms with Crippen LogP contribution in [0.2, 0.25) is 0 Å². The molecule has 9 heteroatoms. The molecule has 2 heterocycles. The van der Waals surface area contributed by atoms with Crippen molar-refractivity contribution in [2.24, 2.45) is 0 Å². The summed E-state index contributed by atoms with van der Waals surface area (Å²) in [7, 11) is -0.821. The van der Waals surface area contributed by atoms with Gasteiger partial charge in [0, 0.05) is 39.5 Å². The average Bonchev–Trinajstić information content (AvgIpc) is 2.92. The summed E-state index contributed by atoms with van der Waals surface area (Å²) in [6, 6.07) is 0. The van der Waals surface area contributed by atoms with E-state index in [9.17, 15) is 13.2 Å². The van der Waals surface area contributed by atoms with Crippen LogP contribution in [0, 0.1) is 0 Å². The predicted molar refractivity (Wildman–Crippen MR) is 73.6 cm³/mol. The lowest BCUT2D eigenvalue weighted by Crippen LogP contribution is -2.51. The lowest BCUT2D eigenvalue weighted by molar-refractivity contribution is -0.179. The molecule has 0 aromatic carbocycles. The number of nitrogens with zero attached hydrogens (tertiary/aromatic N) is 2. The molecule has 0 atom stereocenters. The van der Waals surface area contributed by atoms with Crippen LogP contribution in [0.25, 0.3) is 0 Å². The Bertz CT molecular complexity index is 464. The van der Waals surface area contributed by atoms with Gasteiger partial charge >= 0.3 is 5.97 Å². The van der Waals surface area contributed by atoms with Gasteiger partial charge in [0.15, 0.2) is 5.79 Å². The van der Waals surface area contributed by atoms with Gasteiger partial charge in [-0.25, -0.2) is 0 Å². The minimum Gasteiger partial charge on any atom is -0.469 e. The molecule has 0 aromatic rings. The van der Waals surface area contributed by atoms with E-state index < -0.39 is 22.0 Å². The van der Waals surface area contributed by atoms with Crippen molar-refractivity contribution in [2.45, 2.75) is 25.0 Å². The molecule has 2 fully saturated rings. The van der Waals surface area contributed by atoms with Crippen molar-refractivity contribution in [3.8, 4) is 0 Å². The number of hydrogen-bond acceptors (Lipinski definition) is 6. The fourth-order valence-electron chi connectivity index (χ4n) is 2.51. The highest BCUT2D eigenvalue weighted by atomic mass is 32.2. The van der Waals surface area contributed by atoms with E-state index in [4.69, 9.17) is 9.47 Å². The molecule has 0 saturated carbocycles. The quantitative estimate of drug-likeness (QED) is 0.638. The number of methoxy groups -OCH3 is 1. The third-order valence-electron chi connectivity index (χ3n) is 3.88. The Balaban J connectivity index is 1.89. The molecule has 21 heavy (non-hydrogen) atoms. The molecule has 8 nitrogen and oxygen atoms in total. The highest BCUT2D eigenvalue weighted by Crippen LogP contribution is 2.32. The van der Waals surface area contributed by atoms with E-state index in [1.54, 1.807) is 0 Å². The van der Waals surface area contributed by atoms with Crippen LogP contribution in [-0.2, 0) is 29.2 Å². The van der Waals surface area contributed by atoms with Crippen LogP contribution in [-0.4, -0.2) is 75.8 Å². The summed E-state index contributed by atoms with van der Waals surface area (Å²) in [5.41, 5.74) is 0. The van der Waals surface area contributed by atoms with Crippen molar-refractivity contribution in [2.75, 3.05) is 47.0 Å². The first-order valence-electron chi connectivity index (χ1n) is 6.96. The second-order valence-corrected chi connectivity index (χ2v) is 7.20. The van der Waals surface area contributed by atoms with E-state index in [-0.39, 0.29) is 13.0 Å². The number of carbonyl (C=O) groups is 1. The molecular formula is C12H22N2O6S. The summed E-state index contributed by atoms with van der Waals surface area (Å²) in [5.74, 6) is -1.03. The summed E-state index contributed by atoms with van der Waals surface area (Å²) in [6.45, 7) is 1.93. The molecule has 0 bridgehead atoms. The molecule has 2 rings (SSSR count). The maximum absolute atomic E-state index is 12.4. The molecule has 122 valence electrons. The number of piperidine rings is 1. The number of rotatable bonds is 5. The zero-order valence-electron chi connectivity index (χ0n) is 12.4. The molecule has 0 amide bonds. The van der Waals surface area contributed by atoms with E-state index in [1.807, 2.05) is 0 Å². The first-order chi connectivity index (χ1) is 9.89. The summed E-state index contributed by atoms with van der Waals surface area (Å²) in [6.07, 6.45) is 1.09. The lowest BCUT2D eigenvalue weighted by Gasteiger charge is -2.38. The van der Waals surface area contributed by atoms with Crippen molar-refractivity contribution < 1.29 is 27.4 Å². The molecule has 0 aliphatic carbocycles. The van der Waals surface area contributed by atoms with Gasteiger partial charge in [0.25, 0.3) is 10.2 Å². The predicted octanol–water partition coefficient (Wildman–Crippen LogP) is -0.435. The van der Waals surface area contributed by atoms with E-state index in [1.165, 1.54) is 22.8 Å². The van der Waals surface area contributed by atoms with Crippen molar-refractivity contribution in [1.29, 1.82) is 0 Å². The molecule has 2 aliphatic heterocycles. The molecule has 2 saturated heterocycles. The summed E-state index contributed by atoms with van der Waals surface area (Å²) >= 11 is 0. The Hall–Kier alpha value is -0.740. The van der Waals surface area contributed by atoms with Crippen LogP contribution in [0.3, 0.4) is 0 Å². The van der Waals surface area contributed by atoms with Gasteiger partial charge in [-0.2, -0.15) is 17.0 Å². The van der Waals surface area contributed by atoms with E-state index in [2.05, 4.69) is 4.74 Å². The number of carbonyl (C=O) groups excluding carboxylic acids is 1. The van der Waals surface area contributed by atoms with E-state index in [0.717, 1.165) is 0 Å². The van der Waals surface area contributed by atoms with Gasteiger partial charge in [0.1, 0.15) is 0 Å². The first kappa shape index (κ1) is 16.6. The third-order valence-corrected chi connectivity index (χ3v) is 5.86. The second-order valence-electron chi connectivity index (χ2n) is 5.16. The van der Waals surface area contributed by atoms with Crippen LogP contribution < -0.4 is 0 Å². The number of ether oxygens (including phenoxy) is 3. The Morgan fingerprint density at radius 2 is 1.86 bits per heavy atom. The van der Waals surface area contributed by atoms with Gasteiger partial charge in [-0.3, -0.25) is 4.79 Å². The second kappa shape index (κ2) is 6.57. The van der Waals surface area contributed by atoms with Gasteiger partial charge in [0.05, 0.1) is 26.7 Å². The van der Waals surface area contributed by atoms with E-state index in [0.29, 0.717) is 39.1 Å². The van der Waals surface area contributed by atoms with Crippen LogP contribution >= 0.6 is 0 Å². The maximum atomic E-state index is 12.4. The fraction of sp³-hybridized carbons (Fsp3) is 0.917. The SMILES string of the molecule is COC(=O)CCN(C)S(=O)(=O)N1CCC2(CC1)OCCO2. The van der Waals surface area contributed by atoms with Gasteiger partial charge in [0.2, 0.25) is 0 Å². The minimum atomic E-state index is -3.56. The Morgan fingerprint density at radius 3 is 2.38 bits per heavy atom. The zero-order valence-corrected chi connectivity index (χ0v) is 13.2. The van der Waals surface area contributed by atoms with Crippen molar-refractivity contribution in [3.63, 3.8) is 0 Å². The number of hydrogen-bond donors (Lipinski definition) is 0. The Morgan fingerprint density at radius 1 is 1.29 bits per heavy atom. The Kier molecular flexibility index (Phi) is 5.20. The van der Waals surface area contributed by atoms with Crippen LogP contribution in [0.4, 0.5) is 0 Å². The van der Waals surface area contributed by atoms with Crippen LogP contribution in [0.5, 0.6) is 0 Å². The largest absolute Gasteiger partial charge is 0.469 e. The molecule has 1 spiro atoms. The van der Waals surface area contributed by atoms with Gasteiger partial charge in [-0.15, -0.1) is 0 Å². The van der Waals surface area contributed by atoms with Crippen LogP contribution in [0.15, 0.2) is 0 Å². The summed E-state index contributed by atoms with van der Waals surface area (Å²) in [5, 5.41) is 0. The molecule has 0 N–H and O–H groups in total. The normalized spacial score (nSPS) is 22.8. The van der Waals surface area contributed by atoms with Crippen LogP contribution in [0.1, 0.15) is 19.3 Å². The summed E-state index contributed by atoms with van der Waals surface area (Å²) < 4.78 is 43.1. The smallest absolute Gasteiger partial charge is 0.306 e. The molecule has 0 radical (unpaired) electrons. The van der Waals surface area contributed by atoms with Gasteiger partial charge < -0.3 is 14.2 Å². The highest BCUT2D eigenvalue weighted by molar-refractivity contribution is 7.86. The van der Waals surface area contributed by atoms with Crippen molar-refractivity contribution in [1.82, 2.24) is 8.61 Å². The van der Waals surface area contributed by atoms with Crippen molar-refractivity contribution >= 4 is 16.2 Å². The zero-order chi connectivity index (χ0) is 15.5. The maximum Gasteiger partial charge on any atom is 0.306 e. The average molecular weight is 322 g/mol.